The van der Waals surface area contributed by atoms with Crippen LogP contribution in [-0.4, -0.2) is 18.8 Å². The molecule has 2 N–H and O–H groups in total. The lowest BCUT2D eigenvalue weighted by Gasteiger charge is -2.19. The van der Waals surface area contributed by atoms with Crippen LogP contribution < -0.4 is 10.1 Å². The molecule has 0 aliphatic rings. The SMILES string of the molecule is COc1cccc(CNC(CCCO)c2ccccc2)c1. The number of ether oxygens (including phenoxy) is 1. The summed E-state index contributed by atoms with van der Waals surface area (Å²) < 4.78 is 5.25. The molecule has 0 aliphatic heterocycles. The Morgan fingerprint density at radius 2 is 1.90 bits per heavy atom. The molecule has 0 saturated heterocycles. The summed E-state index contributed by atoms with van der Waals surface area (Å²) in [6.07, 6.45) is 1.72. The van der Waals surface area contributed by atoms with Crippen LogP contribution in [0.2, 0.25) is 0 Å². The summed E-state index contributed by atoms with van der Waals surface area (Å²) >= 11 is 0. The van der Waals surface area contributed by atoms with Crippen LogP contribution in [0.3, 0.4) is 0 Å². The van der Waals surface area contributed by atoms with Gasteiger partial charge in [0.25, 0.3) is 0 Å². The molecular weight excluding hydrogens is 262 g/mol. The lowest BCUT2D eigenvalue weighted by molar-refractivity contribution is 0.275. The van der Waals surface area contributed by atoms with Crippen molar-refractivity contribution in [2.75, 3.05) is 13.7 Å². The molecule has 21 heavy (non-hydrogen) atoms. The molecule has 112 valence electrons. The highest BCUT2D eigenvalue weighted by Gasteiger charge is 2.10. The monoisotopic (exact) mass is 285 g/mol. The third-order valence-corrected chi connectivity index (χ3v) is 3.54. The summed E-state index contributed by atoms with van der Waals surface area (Å²) in [5.74, 6) is 0.876. The Labute approximate surface area is 126 Å². The van der Waals surface area contributed by atoms with E-state index in [2.05, 4.69) is 35.6 Å². The zero-order valence-corrected chi connectivity index (χ0v) is 12.5. The molecule has 0 aromatic heterocycles. The quantitative estimate of drug-likeness (QED) is 0.782. The molecule has 3 nitrogen and oxygen atoms in total. The number of rotatable bonds is 8. The molecule has 1 unspecified atom stereocenters. The van der Waals surface area contributed by atoms with Crippen molar-refractivity contribution in [3.63, 3.8) is 0 Å². The first-order valence-electron chi connectivity index (χ1n) is 7.35. The third kappa shape index (κ3) is 4.88. The van der Waals surface area contributed by atoms with Crippen molar-refractivity contribution in [3.05, 3.63) is 65.7 Å². The summed E-state index contributed by atoms with van der Waals surface area (Å²) in [4.78, 5) is 0. The first-order chi connectivity index (χ1) is 10.3. The highest BCUT2D eigenvalue weighted by Crippen LogP contribution is 2.19. The van der Waals surface area contributed by atoms with Gasteiger partial charge in [-0.15, -0.1) is 0 Å². The molecule has 2 aromatic rings. The number of aliphatic hydroxyl groups excluding tert-OH is 1. The van der Waals surface area contributed by atoms with Gasteiger partial charge in [0.15, 0.2) is 0 Å². The molecule has 2 aromatic carbocycles. The second-order valence-corrected chi connectivity index (χ2v) is 5.06. The molecule has 1 atom stereocenters. The van der Waals surface area contributed by atoms with Crippen LogP contribution in [0.15, 0.2) is 54.6 Å². The van der Waals surface area contributed by atoms with Crippen LogP contribution in [0.4, 0.5) is 0 Å². The molecule has 2 rings (SSSR count). The van der Waals surface area contributed by atoms with Crippen LogP contribution in [0.5, 0.6) is 5.75 Å². The highest BCUT2D eigenvalue weighted by molar-refractivity contribution is 5.28. The summed E-state index contributed by atoms with van der Waals surface area (Å²) in [6.45, 7) is 1.01. The highest BCUT2D eigenvalue weighted by atomic mass is 16.5. The maximum Gasteiger partial charge on any atom is 0.119 e. The predicted molar refractivity (Wildman–Crippen MR) is 85.3 cm³/mol. The lowest BCUT2D eigenvalue weighted by atomic mass is 10.0. The van der Waals surface area contributed by atoms with Crippen LogP contribution in [-0.2, 0) is 6.54 Å². The van der Waals surface area contributed by atoms with Gasteiger partial charge in [-0.3, -0.25) is 0 Å². The number of hydrogen-bond acceptors (Lipinski definition) is 3. The fourth-order valence-corrected chi connectivity index (χ4v) is 2.39. The topological polar surface area (TPSA) is 41.5 Å². The normalized spacial score (nSPS) is 12.1. The summed E-state index contributed by atoms with van der Waals surface area (Å²) in [7, 11) is 1.68. The number of nitrogens with one attached hydrogen (secondary N) is 1. The first kappa shape index (κ1) is 15.5. The van der Waals surface area contributed by atoms with Gasteiger partial charge < -0.3 is 15.2 Å². The fourth-order valence-electron chi connectivity index (χ4n) is 2.39. The van der Waals surface area contributed by atoms with E-state index < -0.39 is 0 Å². The Morgan fingerprint density at radius 3 is 2.62 bits per heavy atom. The van der Waals surface area contributed by atoms with Crippen molar-refractivity contribution in [3.8, 4) is 5.75 Å². The minimum atomic E-state index is 0.226. The second-order valence-electron chi connectivity index (χ2n) is 5.06. The maximum absolute atomic E-state index is 9.07. The minimum absolute atomic E-state index is 0.226. The van der Waals surface area contributed by atoms with Crippen LogP contribution in [0.1, 0.15) is 30.0 Å². The predicted octanol–water partition coefficient (Wildman–Crippen LogP) is 3.30. The Kier molecular flexibility index (Phi) is 6.25. The van der Waals surface area contributed by atoms with Crippen molar-refractivity contribution in [2.24, 2.45) is 0 Å². The Hall–Kier alpha value is -1.84. The van der Waals surface area contributed by atoms with E-state index in [1.54, 1.807) is 7.11 Å². The Morgan fingerprint density at radius 1 is 1.10 bits per heavy atom. The first-order valence-corrected chi connectivity index (χ1v) is 7.35. The number of benzene rings is 2. The summed E-state index contributed by atoms with van der Waals surface area (Å²) in [5.41, 5.74) is 2.45. The van der Waals surface area contributed by atoms with E-state index in [0.717, 1.165) is 25.1 Å². The molecule has 0 spiro atoms. The van der Waals surface area contributed by atoms with Crippen LogP contribution in [0.25, 0.3) is 0 Å². The van der Waals surface area contributed by atoms with Gasteiger partial charge in [0.1, 0.15) is 5.75 Å². The van der Waals surface area contributed by atoms with E-state index in [4.69, 9.17) is 9.84 Å². The minimum Gasteiger partial charge on any atom is -0.497 e. The van der Waals surface area contributed by atoms with Crippen LogP contribution >= 0.6 is 0 Å². The Balaban J connectivity index is 2.01. The molecule has 0 bridgehead atoms. The average Bonchev–Trinajstić information content (AvgIpc) is 2.56. The summed E-state index contributed by atoms with van der Waals surface area (Å²) in [6, 6.07) is 18.7. The van der Waals surface area contributed by atoms with E-state index in [9.17, 15) is 0 Å². The van der Waals surface area contributed by atoms with Gasteiger partial charge in [-0.2, -0.15) is 0 Å². The molecule has 0 radical (unpaired) electrons. The number of aliphatic hydroxyl groups is 1. The van der Waals surface area contributed by atoms with Gasteiger partial charge >= 0.3 is 0 Å². The van der Waals surface area contributed by atoms with Gasteiger partial charge in [-0.1, -0.05) is 42.5 Å². The molecule has 0 amide bonds. The molecular formula is C18H23NO2. The molecule has 0 saturated carbocycles. The van der Waals surface area contributed by atoms with Gasteiger partial charge in [0, 0.05) is 19.2 Å². The van der Waals surface area contributed by atoms with Crippen LogP contribution in [0, 0.1) is 0 Å². The van der Waals surface area contributed by atoms with Gasteiger partial charge in [0.2, 0.25) is 0 Å². The van der Waals surface area contributed by atoms with E-state index in [-0.39, 0.29) is 12.6 Å². The van der Waals surface area contributed by atoms with Crippen molar-refractivity contribution in [2.45, 2.75) is 25.4 Å². The van der Waals surface area contributed by atoms with Crippen molar-refractivity contribution >= 4 is 0 Å². The standard InChI is InChI=1S/C18H23NO2/c1-21-17-10-5-7-15(13-17)14-19-18(11-6-12-20)16-8-3-2-4-9-16/h2-5,7-10,13,18-20H,6,11-12,14H2,1H3. The van der Waals surface area contributed by atoms with Gasteiger partial charge in [0.05, 0.1) is 7.11 Å². The fraction of sp³-hybridized carbons (Fsp3) is 0.333. The number of hydrogen-bond donors (Lipinski definition) is 2. The third-order valence-electron chi connectivity index (χ3n) is 3.54. The number of methoxy groups -OCH3 is 1. The maximum atomic E-state index is 9.07. The van der Waals surface area contributed by atoms with E-state index in [1.807, 2.05) is 24.3 Å². The van der Waals surface area contributed by atoms with Gasteiger partial charge in [-0.25, -0.2) is 0 Å². The lowest BCUT2D eigenvalue weighted by Crippen LogP contribution is -2.21. The zero-order chi connectivity index (χ0) is 14.9. The smallest absolute Gasteiger partial charge is 0.119 e. The molecule has 0 aliphatic carbocycles. The van der Waals surface area contributed by atoms with E-state index in [1.165, 1.54) is 11.1 Å². The average molecular weight is 285 g/mol. The van der Waals surface area contributed by atoms with Gasteiger partial charge in [-0.05, 0) is 36.1 Å². The Bertz CT molecular complexity index is 528. The van der Waals surface area contributed by atoms with Crippen molar-refractivity contribution in [1.29, 1.82) is 0 Å². The van der Waals surface area contributed by atoms with Crippen molar-refractivity contribution in [1.82, 2.24) is 5.32 Å². The van der Waals surface area contributed by atoms with E-state index >= 15 is 0 Å². The largest absolute Gasteiger partial charge is 0.497 e. The van der Waals surface area contributed by atoms with Crippen molar-refractivity contribution < 1.29 is 9.84 Å². The molecule has 0 heterocycles. The zero-order valence-electron chi connectivity index (χ0n) is 12.5. The summed E-state index contributed by atoms with van der Waals surface area (Å²) in [5, 5.41) is 12.6. The molecule has 3 heteroatoms. The van der Waals surface area contributed by atoms with E-state index in [0.29, 0.717) is 0 Å². The molecule has 0 fully saturated rings. The second kappa shape index (κ2) is 8.45.